The van der Waals surface area contributed by atoms with Gasteiger partial charge < -0.3 is 0 Å². The van der Waals surface area contributed by atoms with E-state index in [9.17, 15) is 14.4 Å². The van der Waals surface area contributed by atoms with Crippen molar-refractivity contribution in [1.82, 2.24) is 10.2 Å². The summed E-state index contributed by atoms with van der Waals surface area (Å²) in [5, 5.41) is 2.30. The predicted molar refractivity (Wildman–Crippen MR) is 79.1 cm³/mol. The first-order chi connectivity index (χ1) is 9.44. The third kappa shape index (κ3) is 2.40. The van der Waals surface area contributed by atoms with Crippen molar-refractivity contribution in [3.05, 3.63) is 20.8 Å². The Hall–Kier alpha value is -1.21. The number of carbonyl (C=O) groups is 3. The minimum Gasteiger partial charge on any atom is -0.277 e. The summed E-state index contributed by atoms with van der Waals surface area (Å²) in [5.74, 6) is -0.887. The van der Waals surface area contributed by atoms with Gasteiger partial charge in [0.2, 0.25) is 11.8 Å². The van der Waals surface area contributed by atoms with E-state index in [0.29, 0.717) is 12.8 Å². The Morgan fingerprint density at radius 3 is 2.40 bits per heavy atom. The van der Waals surface area contributed by atoms with E-state index in [1.54, 1.807) is 13.8 Å². The Kier molecular flexibility index (Phi) is 4.29. The molecule has 2 heterocycles. The summed E-state index contributed by atoms with van der Waals surface area (Å²) in [7, 11) is 0. The van der Waals surface area contributed by atoms with Crippen LogP contribution in [-0.2, 0) is 16.1 Å². The van der Waals surface area contributed by atoms with Gasteiger partial charge in [-0.25, -0.2) is 4.79 Å². The number of hydrogen-bond acceptors (Lipinski definition) is 4. The summed E-state index contributed by atoms with van der Waals surface area (Å²) < 4.78 is 0.936. The Morgan fingerprint density at radius 2 is 1.90 bits per heavy atom. The zero-order valence-electron chi connectivity index (χ0n) is 11.2. The van der Waals surface area contributed by atoms with Crippen LogP contribution in [0.4, 0.5) is 4.79 Å². The average molecular weight is 359 g/mol. The lowest BCUT2D eigenvalue weighted by atomic mass is 9.78. The van der Waals surface area contributed by atoms with Crippen LogP contribution in [0, 0.1) is 5.41 Å². The number of barbiturate groups is 1. The maximum atomic E-state index is 12.6. The van der Waals surface area contributed by atoms with E-state index < -0.39 is 23.3 Å². The average Bonchev–Trinajstić information content (AvgIpc) is 2.82. The zero-order valence-corrected chi connectivity index (χ0v) is 13.6. The van der Waals surface area contributed by atoms with Gasteiger partial charge in [-0.05, 0) is 40.9 Å². The minimum atomic E-state index is -1.12. The quantitative estimate of drug-likeness (QED) is 0.841. The SMILES string of the molecule is CCC1(CC)C(=O)NC(=O)N(Cc2ccc(Br)s2)C1=O. The first-order valence-electron chi connectivity index (χ1n) is 6.36. The number of imide groups is 2. The highest BCUT2D eigenvalue weighted by Gasteiger charge is 2.51. The van der Waals surface area contributed by atoms with Crippen molar-refractivity contribution in [3.63, 3.8) is 0 Å². The van der Waals surface area contributed by atoms with Crippen LogP contribution in [0.3, 0.4) is 0 Å². The first kappa shape index (κ1) is 15.2. The molecule has 0 spiro atoms. The van der Waals surface area contributed by atoms with E-state index in [0.717, 1.165) is 13.6 Å². The number of urea groups is 1. The molecule has 1 fully saturated rings. The fourth-order valence-electron chi connectivity index (χ4n) is 2.34. The maximum absolute atomic E-state index is 12.6. The molecule has 5 nitrogen and oxygen atoms in total. The number of carbonyl (C=O) groups excluding carboxylic acids is 3. The fraction of sp³-hybridized carbons (Fsp3) is 0.462. The summed E-state index contributed by atoms with van der Waals surface area (Å²) in [4.78, 5) is 38.5. The van der Waals surface area contributed by atoms with E-state index in [1.807, 2.05) is 12.1 Å². The van der Waals surface area contributed by atoms with Gasteiger partial charge in [-0.15, -0.1) is 11.3 Å². The number of amides is 4. The van der Waals surface area contributed by atoms with E-state index in [2.05, 4.69) is 21.2 Å². The van der Waals surface area contributed by atoms with Gasteiger partial charge in [0.25, 0.3) is 0 Å². The Labute approximate surface area is 129 Å². The molecule has 2 rings (SSSR count). The lowest BCUT2D eigenvalue weighted by Crippen LogP contribution is -2.63. The smallest absolute Gasteiger partial charge is 0.277 e. The van der Waals surface area contributed by atoms with Gasteiger partial charge in [0.15, 0.2) is 0 Å². The zero-order chi connectivity index (χ0) is 14.9. The van der Waals surface area contributed by atoms with Crippen LogP contribution in [-0.4, -0.2) is 22.7 Å². The summed E-state index contributed by atoms with van der Waals surface area (Å²) >= 11 is 4.81. The topological polar surface area (TPSA) is 66.5 Å². The highest BCUT2D eigenvalue weighted by atomic mass is 79.9. The van der Waals surface area contributed by atoms with Gasteiger partial charge in [-0.1, -0.05) is 13.8 Å². The molecule has 0 aromatic carbocycles. The van der Waals surface area contributed by atoms with Crippen LogP contribution >= 0.6 is 27.3 Å². The van der Waals surface area contributed by atoms with Crippen molar-refractivity contribution < 1.29 is 14.4 Å². The van der Waals surface area contributed by atoms with Crippen LogP contribution in [0.2, 0.25) is 0 Å². The molecule has 0 saturated carbocycles. The van der Waals surface area contributed by atoms with Crippen LogP contribution < -0.4 is 5.32 Å². The molecule has 1 aromatic heterocycles. The highest BCUT2D eigenvalue weighted by Crippen LogP contribution is 2.33. The maximum Gasteiger partial charge on any atom is 0.331 e. The monoisotopic (exact) mass is 358 g/mol. The summed E-state index contributed by atoms with van der Waals surface area (Å²) in [6.07, 6.45) is 0.762. The van der Waals surface area contributed by atoms with Gasteiger partial charge in [-0.3, -0.25) is 19.8 Å². The normalized spacial score (nSPS) is 18.4. The molecule has 1 saturated heterocycles. The Bertz CT molecular complexity index is 566. The molecule has 1 N–H and O–H groups in total. The molecule has 7 heteroatoms. The largest absolute Gasteiger partial charge is 0.331 e. The number of thiophene rings is 1. The van der Waals surface area contributed by atoms with Crippen LogP contribution in [0.25, 0.3) is 0 Å². The predicted octanol–water partition coefficient (Wildman–Crippen LogP) is 2.90. The van der Waals surface area contributed by atoms with Gasteiger partial charge in [0, 0.05) is 4.88 Å². The second kappa shape index (κ2) is 5.65. The van der Waals surface area contributed by atoms with Gasteiger partial charge in [-0.2, -0.15) is 0 Å². The molecule has 0 radical (unpaired) electrons. The third-order valence-corrected chi connectivity index (χ3v) is 5.31. The minimum absolute atomic E-state index is 0.190. The van der Waals surface area contributed by atoms with Gasteiger partial charge in [0.1, 0.15) is 5.41 Å². The first-order valence-corrected chi connectivity index (χ1v) is 7.97. The third-order valence-electron chi connectivity index (χ3n) is 3.70. The molecular formula is C13H15BrN2O3S. The number of nitrogens with zero attached hydrogens (tertiary/aromatic N) is 1. The molecule has 4 amide bonds. The van der Waals surface area contributed by atoms with E-state index in [1.165, 1.54) is 11.3 Å². The molecule has 0 atom stereocenters. The molecule has 1 aliphatic heterocycles. The van der Waals surface area contributed by atoms with Crippen LogP contribution in [0.1, 0.15) is 31.6 Å². The second-order valence-electron chi connectivity index (χ2n) is 4.65. The lowest BCUT2D eigenvalue weighted by molar-refractivity contribution is -0.152. The van der Waals surface area contributed by atoms with Crippen molar-refractivity contribution in [1.29, 1.82) is 0 Å². The summed E-state index contributed by atoms with van der Waals surface area (Å²) in [5.41, 5.74) is -1.12. The molecule has 0 aliphatic carbocycles. The van der Waals surface area contributed by atoms with Crippen LogP contribution in [0.5, 0.6) is 0 Å². The molecule has 108 valence electrons. The van der Waals surface area contributed by atoms with Crippen LogP contribution in [0.15, 0.2) is 15.9 Å². The number of rotatable bonds is 4. The molecular weight excluding hydrogens is 344 g/mol. The number of nitrogens with one attached hydrogen (secondary N) is 1. The van der Waals surface area contributed by atoms with E-state index >= 15 is 0 Å². The van der Waals surface area contributed by atoms with Gasteiger partial charge in [0.05, 0.1) is 10.3 Å². The molecule has 20 heavy (non-hydrogen) atoms. The van der Waals surface area contributed by atoms with Crippen molar-refractivity contribution in [3.8, 4) is 0 Å². The molecule has 0 unspecified atom stereocenters. The fourth-order valence-corrected chi connectivity index (χ4v) is 3.81. The van der Waals surface area contributed by atoms with E-state index in [4.69, 9.17) is 0 Å². The standard InChI is InChI=1S/C13H15BrN2O3S/c1-3-13(4-2)10(17)15-12(19)16(11(13)18)7-8-5-6-9(14)20-8/h5-6H,3-4,7H2,1-2H3,(H,15,17,19). The molecule has 1 aromatic rings. The van der Waals surface area contributed by atoms with Crippen molar-refractivity contribution in [2.75, 3.05) is 0 Å². The lowest BCUT2D eigenvalue weighted by Gasteiger charge is -2.38. The van der Waals surface area contributed by atoms with Crippen molar-refractivity contribution >= 4 is 45.1 Å². The molecule has 1 aliphatic rings. The summed E-state index contributed by atoms with van der Waals surface area (Å²) in [6, 6.07) is 3.08. The van der Waals surface area contributed by atoms with Crippen molar-refractivity contribution in [2.45, 2.75) is 33.2 Å². The molecule has 0 bridgehead atoms. The number of hydrogen-bond donors (Lipinski definition) is 1. The second-order valence-corrected chi connectivity index (χ2v) is 7.19. The number of halogens is 1. The Morgan fingerprint density at radius 1 is 1.25 bits per heavy atom. The highest BCUT2D eigenvalue weighted by molar-refractivity contribution is 9.11. The van der Waals surface area contributed by atoms with Gasteiger partial charge >= 0.3 is 6.03 Å². The van der Waals surface area contributed by atoms with E-state index in [-0.39, 0.29) is 6.54 Å². The van der Waals surface area contributed by atoms with Crippen molar-refractivity contribution in [2.24, 2.45) is 5.41 Å². The summed E-state index contributed by atoms with van der Waals surface area (Å²) in [6.45, 7) is 3.77. The Balaban J connectivity index is 2.30.